The van der Waals surface area contributed by atoms with Crippen molar-refractivity contribution < 1.29 is 0 Å². The maximum absolute atomic E-state index is 2.27. The van der Waals surface area contributed by atoms with Crippen LogP contribution < -0.4 is 0 Å². The van der Waals surface area contributed by atoms with Gasteiger partial charge >= 0.3 is 0 Å². The highest BCUT2D eigenvalue weighted by Crippen LogP contribution is 2.57. The fourth-order valence-electron chi connectivity index (χ4n) is 5.10. The van der Waals surface area contributed by atoms with Crippen LogP contribution in [0.5, 0.6) is 0 Å². The molecular weight excluding hydrogens is 396 g/mol. The minimum absolute atomic E-state index is 0.185. The Morgan fingerprint density at radius 3 is 1.03 bits per heavy atom. The van der Waals surface area contributed by atoms with E-state index in [2.05, 4.69) is 140 Å². The van der Waals surface area contributed by atoms with E-state index in [0.29, 0.717) is 0 Å². The van der Waals surface area contributed by atoms with Crippen LogP contribution in [0.15, 0.2) is 145 Å². The predicted octanol–water partition coefficient (Wildman–Crippen LogP) is 8.33. The molecule has 0 fully saturated rings. The normalized spacial score (nSPS) is 15.6. The number of rotatable bonds is 5. The first-order chi connectivity index (χ1) is 16.4. The molecule has 2 aliphatic rings. The van der Waals surface area contributed by atoms with E-state index < -0.39 is 0 Å². The first kappa shape index (κ1) is 19.5. The first-order valence-corrected chi connectivity index (χ1v) is 11.5. The maximum atomic E-state index is 2.27. The molecule has 4 aromatic rings. The highest BCUT2D eigenvalue weighted by atomic mass is 14.4. The zero-order valence-corrected chi connectivity index (χ0v) is 18.4. The third kappa shape index (κ3) is 3.41. The van der Waals surface area contributed by atoms with Gasteiger partial charge in [0.2, 0.25) is 0 Å². The topological polar surface area (TPSA) is 0 Å². The van der Waals surface area contributed by atoms with Gasteiger partial charge in [0.25, 0.3) is 0 Å². The molecule has 0 nitrogen and oxygen atoms in total. The van der Waals surface area contributed by atoms with Gasteiger partial charge in [0.15, 0.2) is 0 Å². The summed E-state index contributed by atoms with van der Waals surface area (Å²) in [5, 5.41) is 0. The summed E-state index contributed by atoms with van der Waals surface area (Å²) in [6, 6.07) is 43.6. The van der Waals surface area contributed by atoms with Gasteiger partial charge in [0.05, 0.1) is 0 Å². The van der Waals surface area contributed by atoms with Gasteiger partial charge in [0.1, 0.15) is 0 Å². The Morgan fingerprint density at radius 2 is 0.727 bits per heavy atom. The highest BCUT2D eigenvalue weighted by Gasteiger charge is 2.38. The van der Waals surface area contributed by atoms with Crippen molar-refractivity contribution in [1.29, 1.82) is 0 Å². The van der Waals surface area contributed by atoms with Crippen LogP contribution in [0.1, 0.15) is 22.3 Å². The summed E-state index contributed by atoms with van der Waals surface area (Å²) >= 11 is 0. The minimum atomic E-state index is 0.185. The van der Waals surface area contributed by atoms with Gasteiger partial charge in [-0.1, -0.05) is 140 Å². The Kier molecular flexibility index (Phi) is 4.97. The van der Waals surface area contributed by atoms with Crippen molar-refractivity contribution in [2.45, 2.75) is 0 Å². The summed E-state index contributed by atoms with van der Waals surface area (Å²) in [7, 11) is 0. The van der Waals surface area contributed by atoms with Gasteiger partial charge in [-0.25, -0.2) is 0 Å². The fourth-order valence-corrected chi connectivity index (χ4v) is 5.10. The van der Waals surface area contributed by atoms with E-state index in [-0.39, 0.29) is 5.92 Å². The third-order valence-corrected chi connectivity index (χ3v) is 6.57. The van der Waals surface area contributed by atoms with E-state index in [4.69, 9.17) is 0 Å². The van der Waals surface area contributed by atoms with Crippen molar-refractivity contribution in [3.8, 4) is 0 Å². The lowest BCUT2D eigenvalue weighted by Crippen LogP contribution is -2.09. The molecule has 0 radical (unpaired) electrons. The largest absolute Gasteiger partial charge is 0.0622 e. The van der Waals surface area contributed by atoms with E-state index in [1.807, 2.05) is 0 Å². The van der Waals surface area contributed by atoms with Gasteiger partial charge in [-0.05, 0) is 50.1 Å². The number of allylic oxidation sites excluding steroid dienone is 8. The smallest absolute Gasteiger partial charge is 0.0364 e. The molecule has 33 heavy (non-hydrogen) atoms. The molecule has 0 unspecified atom stereocenters. The zero-order chi connectivity index (χ0) is 22.0. The molecule has 0 heteroatoms. The molecule has 0 heterocycles. The summed E-state index contributed by atoms with van der Waals surface area (Å²) in [5.74, 6) is 0.185. The zero-order valence-electron chi connectivity index (χ0n) is 18.4. The summed E-state index contributed by atoms with van der Waals surface area (Å²) < 4.78 is 0. The Labute approximate surface area is 195 Å². The van der Waals surface area contributed by atoms with Gasteiger partial charge in [0, 0.05) is 5.92 Å². The minimum Gasteiger partial charge on any atom is -0.0622 e. The van der Waals surface area contributed by atoms with Gasteiger partial charge < -0.3 is 0 Å². The second kappa shape index (κ2) is 8.41. The fraction of sp³-hybridized carbons (Fsp3) is 0.0303. The SMILES string of the molecule is C1=CC(C2C(c3ccccc3)=C(c3ccccc3)C(c3ccccc3)=C2c2ccccc2)=C1. The van der Waals surface area contributed by atoms with Crippen LogP contribution >= 0.6 is 0 Å². The molecule has 0 spiro atoms. The number of benzene rings is 4. The van der Waals surface area contributed by atoms with Crippen molar-refractivity contribution in [1.82, 2.24) is 0 Å². The summed E-state index contributed by atoms with van der Waals surface area (Å²) in [5.41, 5.74) is 11.9. The van der Waals surface area contributed by atoms with Crippen LogP contribution in [-0.4, -0.2) is 0 Å². The first-order valence-electron chi connectivity index (χ1n) is 11.5. The molecule has 156 valence electrons. The van der Waals surface area contributed by atoms with Crippen LogP contribution in [0.25, 0.3) is 22.3 Å². The maximum Gasteiger partial charge on any atom is 0.0364 e. The van der Waals surface area contributed by atoms with Crippen molar-refractivity contribution in [3.05, 3.63) is 167 Å². The summed E-state index contributed by atoms with van der Waals surface area (Å²) in [4.78, 5) is 0. The quantitative estimate of drug-likeness (QED) is 0.304. The van der Waals surface area contributed by atoms with E-state index in [1.165, 1.54) is 50.1 Å². The lowest BCUT2D eigenvalue weighted by Gasteiger charge is -2.24. The summed E-state index contributed by atoms with van der Waals surface area (Å²) in [6.45, 7) is 0. The second-order valence-electron chi connectivity index (χ2n) is 8.50. The van der Waals surface area contributed by atoms with Gasteiger partial charge in [-0.3, -0.25) is 0 Å². The van der Waals surface area contributed by atoms with Crippen LogP contribution in [-0.2, 0) is 0 Å². The molecule has 2 aliphatic carbocycles. The van der Waals surface area contributed by atoms with Crippen molar-refractivity contribution in [3.63, 3.8) is 0 Å². The van der Waals surface area contributed by atoms with Crippen LogP contribution in [0.4, 0.5) is 0 Å². The average molecular weight is 421 g/mol. The number of hydrogen-bond acceptors (Lipinski definition) is 0. The van der Waals surface area contributed by atoms with Crippen molar-refractivity contribution >= 4 is 22.3 Å². The predicted molar refractivity (Wildman–Crippen MR) is 140 cm³/mol. The number of hydrogen-bond donors (Lipinski definition) is 0. The van der Waals surface area contributed by atoms with Crippen molar-refractivity contribution in [2.75, 3.05) is 0 Å². The molecule has 0 saturated heterocycles. The molecule has 0 amide bonds. The summed E-state index contributed by atoms with van der Waals surface area (Å²) in [6.07, 6.45) is 6.70. The Balaban J connectivity index is 1.74. The molecule has 0 bridgehead atoms. The molecule has 0 atom stereocenters. The van der Waals surface area contributed by atoms with E-state index in [1.54, 1.807) is 0 Å². The molecular formula is C33H24. The Bertz CT molecular complexity index is 1300. The Hall–Kier alpha value is -4.16. The molecule has 6 rings (SSSR count). The van der Waals surface area contributed by atoms with Crippen LogP contribution in [0.3, 0.4) is 0 Å². The highest BCUT2D eigenvalue weighted by molar-refractivity contribution is 6.29. The van der Waals surface area contributed by atoms with Gasteiger partial charge in [-0.2, -0.15) is 0 Å². The third-order valence-electron chi connectivity index (χ3n) is 6.57. The standard InChI is InChI=1S/C33H24/c1-5-14-24(15-6-1)29-30(25-16-7-2-8-17-25)32(27-20-11-4-12-21-27)33(28-22-13-23-28)31(29)26-18-9-3-10-19-26/h1-23,33H. The molecule has 0 saturated carbocycles. The molecule has 0 aromatic heterocycles. The van der Waals surface area contributed by atoms with E-state index in [0.717, 1.165) is 0 Å². The van der Waals surface area contributed by atoms with Crippen LogP contribution in [0, 0.1) is 5.92 Å². The molecule has 4 aromatic carbocycles. The lowest BCUT2D eigenvalue weighted by atomic mass is 9.78. The monoisotopic (exact) mass is 420 g/mol. The average Bonchev–Trinajstić information content (AvgIpc) is 3.20. The molecule has 0 N–H and O–H groups in total. The Morgan fingerprint density at radius 1 is 0.394 bits per heavy atom. The van der Waals surface area contributed by atoms with Crippen molar-refractivity contribution in [2.24, 2.45) is 5.92 Å². The van der Waals surface area contributed by atoms with E-state index in [9.17, 15) is 0 Å². The van der Waals surface area contributed by atoms with Gasteiger partial charge in [-0.15, -0.1) is 0 Å². The van der Waals surface area contributed by atoms with Crippen LogP contribution in [0.2, 0.25) is 0 Å². The second-order valence-corrected chi connectivity index (χ2v) is 8.50. The lowest BCUT2D eigenvalue weighted by molar-refractivity contribution is 1.05. The van der Waals surface area contributed by atoms with E-state index >= 15 is 0 Å². The molecule has 0 aliphatic heterocycles.